The Morgan fingerprint density at radius 3 is 2.60 bits per heavy atom. The van der Waals surface area contributed by atoms with Crippen molar-refractivity contribution < 1.29 is 11.0 Å². The van der Waals surface area contributed by atoms with E-state index in [9.17, 15) is 0 Å². The molecule has 0 atom stereocenters. The van der Waals surface area contributed by atoms with Gasteiger partial charge in [0.15, 0.2) is 0 Å². The Labute approximate surface area is 102 Å². The van der Waals surface area contributed by atoms with Crippen LogP contribution in [0.25, 0.3) is 11.3 Å². The van der Waals surface area contributed by atoms with Crippen molar-refractivity contribution in [3.05, 3.63) is 53.2 Å². The van der Waals surface area contributed by atoms with Crippen LogP contribution in [0.5, 0.6) is 0 Å². The standard InChI is InChI=1S/C14H15N/c1-10-4-6-13(7-5-10)14-8-11(2)12(3)9-15-14/h4-9H,1-3H3/i1D3,3D3,8D,9D. The first kappa shape index (κ1) is 4.09. The molecule has 0 aliphatic heterocycles. The second-order valence-electron chi connectivity index (χ2n) is 3.27. The molecule has 1 heteroatoms. The summed E-state index contributed by atoms with van der Waals surface area (Å²) in [4.78, 5) is 3.94. The molecule has 15 heavy (non-hydrogen) atoms. The van der Waals surface area contributed by atoms with Crippen molar-refractivity contribution in [3.63, 3.8) is 0 Å². The van der Waals surface area contributed by atoms with Crippen LogP contribution in [-0.4, -0.2) is 4.98 Å². The number of pyridine rings is 1. The summed E-state index contributed by atoms with van der Waals surface area (Å²) in [6, 6.07) is 5.78. The van der Waals surface area contributed by atoms with E-state index in [1.807, 2.05) is 0 Å². The summed E-state index contributed by atoms with van der Waals surface area (Å²) in [5, 5.41) is 0. The van der Waals surface area contributed by atoms with Gasteiger partial charge in [0.1, 0.15) is 0 Å². The average molecular weight is 205 g/mol. The molecule has 1 nitrogen and oxygen atoms in total. The number of hydrogen-bond donors (Lipinski definition) is 0. The maximum Gasteiger partial charge on any atom is 0.0843 e. The Morgan fingerprint density at radius 2 is 1.93 bits per heavy atom. The lowest BCUT2D eigenvalue weighted by atomic mass is 10.1. The van der Waals surface area contributed by atoms with E-state index >= 15 is 0 Å². The Morgan fingerprint density at radius 1 is 1.13 bits per heavy atom. The summed E-state index contributed by atoms with van der Waals surface area (Å²) in [7, 11) is 0. The maximum atomic E-state index is 8.12. The van der Waals surface area contributed by atoms with E-state index < -0.39 is 19.9 Å². The third-order valence-corrected chi connectivity index (χ3v) is 2.12. The molecule has 0 unspecified atom stereocenters. The SMILES string of the molecule is [2H]c1nc(-c2ccc(C([2H])([2H])[2H])cc2)c([2H])c(C)c1C([2H])([2H])[2H]. The molecule has 0 aliphatic rings. The number of benzene rings is 1. The zero-order valence-electron chi connectivity index (χ0n) is 16.3. The van der Waals surface area contributed by atoms with E-state index in [-0.39, 0.29) is 28.4 Å². The van der Waals surface area contributed by atoms with Crippen LogP contribution in [0.4, 0.5) is 0 Å². The van der Waals surface area contributed by atoms with Crippen LogP contribution in [0.15, 0.2) is 36.5 Å². The van der Waals surface area contributed by atoms with Crippen molar-refractivity contribution in [2.75, 3.05) is 0 Å². The Hall–Kier alpha value is -1.63. The fourth-order valence-electron chi connectivity index (χ4n) is 1.23. The third kappa shape index (κ3) is 2.07. The van der Waals surface area contributed by atoms with E-state index in [0.717, 1.165) is 0 Å². The van der Waals surface area contributed by atoms with Gasteiger partial charge in [-0.05, 0) is 37.8 Å². The summed E-state index contributed by atoms with van der Waals surface area (Å²) < 4.78 is 60.4. The summed E-state index contributed by atoms with van der Waals surface area (Å²) in [5.74, 6) is 0. The number of rotatable bonds is 1. The Balaban J connectivity index is 2.58. The first-order valence-corrected chi connectivity index (χ1v) is 4.52. The highest BCUT2D eigenvalue weighted by molar-refractivity contribution is 5.60. The maximum absolute atomic E-state index is 8.12. The second kappa shape index (κ2) is 3.85. The predicted molar refractivity (Wildman–Crippen MR) is 63.9 cm³/mol. The van der Waals surface area contributed by atoms with Gasteiger partial charge in [-0.3, -0.25) is 4.98 Å². The van der Waals surface area contributed by atoms with Gasteiger partial charge in [-0.2, -0.15) is 0 Å². The van der Waals surface area contributed by atoms with E-state index in [4.69, 9.17) is 11.0 Å². The van der Waals surface area contributed by atoms with Crippen molar-refractivity contribution in [2.45, 2.75) is 20.6 Å². The first-order chi connectivity index (χ1) is 10.4. The zero-order valence-corrected chi connectivity index (χ0v) is 8.26. The van der Waals surface area contributed by atoms with Crippen LogP contribution in [0.1, 0.15) is 27.7 Å². The molecule has 0 saturated heterocycles. The molecule has 0 amide bonds. The van der Waals surface area contributed by atoms with E-state index in [1.54, 1.807) is 0 Å². The molecule has 0 radical (unpaired) electrons. The van der Waals surface area contributed by atoms with Crippen molar-refractivity contribution in [1.29, 1.82) is 0 Å². The topological polar surface area (TPSA) is 12.9 Å². The quantitative estimate of drug-likeness (QED) is 0.692. The molecule has 1 aromatic heterocycles. The molecule has 0 fully saturated rings. The summed E-state index contributed by atoms with van der Waals surface area (Å²) in [6.07, 6.45) is -0.395. The smallest absolute Gasteiger partial charge is 0.0843 e. The van der Waals surface area contributed by atoms with Crippen LogP contribution in [0.3, 0.4) is 0 Å². The lowest BCUT2D eigenvalue weighted by Crippen LogP contribution is -1.88. The van der Waals surface area contributed by atoms with Crippen molar-refractivity contribution in [3.8, 4) is 11.3 Å². The van der Waals surface area contributed by atoms with Gasteiger partial charge in [-0.1, -0.05) is 29.8 Å². The third-order valence-electron chi connectivity index (χ3n) is 2.12. The molecule has 2 aromatic rings. The molecule has 1 heterocycles. The monoisotopic (exact) mass is 205 g/mol. The first-order valence-electron chi connectivity index (χ1n) is 8.52. The summed E-state index contributed by atoms with van der Waals surface area (Å²) in [5.41, 5.74) is 0.745. The molecule has 0 saturated carbocycles. The van der Waals surface area contributed by atoms with Crippen LogP contribution in [0.2, 0.25) is 0 Å². The number of hydrogen-bond acceptors (Lipinski definition) is 1. The molecule has 0 N–H and O–H groups in total. The molecule has 0 aliphatic carbocycles. The van der Waals surface area contributed by atoms with Gasteiger partial charge in [0.05, 0.1) is 8.44 Å². The number of nitrogens with zero attached hydrogens (tertiary/aromatic N) is 1. The fraction of sp³-hybridized carbons (Fsp3) is 0.214. The molecule has 1 aromatic carbocycles. The van der Waals surface area contributed by atoms with E-state index in [2.05, 4.69) is 4.98 Å². The fourth-order valence-corrected chi connectivity index (χ4v) is 1.23. The molecule has 2 rings (SSSR count). The minimum Gasteiger partial charge on any atom is -0.256 e. The van der Waals surface area contributed by atoms with Crippen LogP contribution >= 0.6 is 0 Å². The number of aryl methyl sites for hydroxylation is 1. The second-order valence-corrected chi connectivity index (χ2v) is 3.27. The van der Waals surface area contributed by atoms with Gasteiger partial charge in [0.2, 0.25) is 0 Å². The molecular weight excluding hydrogens is 182 g/mol. The van der Waals surface area contributed by atoms with E-state index in [0.29, 0.717) is 5.56 Å². The van der Waals surface area contributed by atoms with Crippen LogP contribution in [0, 0.1) is 20.6 Å². The minimum atomic E-state index is -2.51. The van der Waals surface area contributed by atoms with E-state index in [1.165, 1.54) is 31.2 Å². The van der Waals surface area contributed by atoms with Gasteiger partial charge in [0.25, 0.3) is 0 Å². The van der Waals surface area contributed by atoms with Gasteiger partial charge >= 0.3 is 0 Å². The average Bonchev–Trinajstić information content (AvgIpc) is 2.40. The number of aromatic nitrogens is 1. The molecule has 76 valence electrons. The van der Waals surface area contributed by atoms with Crippen LogP contribution in [-0.2, 0) is 0 Å². The zero-order chi connectivity index (χ0) is 17.6. The summed E-state index contributed by atoms with van der Waals surface area (Å²) >= 11 is 0. The molecule has 0 bridgehead atoms. The van der Waals surface area contributed by atoms with Gasteiger partial charge in [-0.25, -0.2) is 0 Å². The molecule has 0 spiro atoms. The van der Waals surface area contributed by atoms with Gasteiger partial charge in [0, 0.05) is 20.0 Å². The Kier molecular flexibility index (Phi) is 1.05. The van der Waals surface area contributed by atoms with Crippen molar-refractivity contribution in [1.82, 2.24) is 4.98 Å². The Bertz CT molecular complexity index is 728. The lowest BCUT2D eigenvalue weighted by Gasteiger charge is -2.04. The van der Waals surface area contributed by atoms with Crippen molar-refractivity contribution >= 4 is 0 Å². The largest absolute Gasteiger partial charge is 0.256 e. The highest BCUT2D eigenvalue weighted by Gasteiger charge is 2.00. The molecular formula is C14H15N. The highest BCUT2D eigenvalue weighted by Crippen LogP contribution is 2.19. The van der Waals surface area contributed by atoms with Gasteiger partial charge in [-0.15, -0.1) is 0 Å². The minimum absolute atomic E-state index is 0.0752. The summed E-state index contributed by atoms with van der Waals surface area (Å²) in [6.45, 7) is -3.25. The highest BCUT2D eigenvalue weighted by atomic mass is 14.7. The van der Waals surface area contributed by atoms with Crippen LogP contribution < -0.4 is 0 Å². The van der Waals surface area contributed by atoms with Crippen molar-refractivity contribution in [2.24, 2.45) is 0 Å². The normalized spacial score (nSPS) is 19.8. The van der Waals surface area contributed by atoms with Gasteiger partial charge < -0.3 is 0 Å². The predicted octanol–water partition coefficient (Wildman–Crippen LogP) is 3.67. The lowest BCUT2D eigenvalue weighted by molar-refractivity contribution is 1.22.